The highest BCUT2D eigenvalue weighted by atomic mass is 32.3. The van der Waals surface area contributed by atoms with Crippen LogP contribution < -0.4 is 5.32 Å². The van der Waals surface area contributed by atoms with E-state index in [9.17, 15) is 42.6 Å². The minimum atomic E-state index is -4.88. The number of fused-ring (bicyclic) bond motifs is 8. The van der Waals surface area contributed by atoms with Gasteiger partial charge in [0.15, 0.2) is 23.6 Å². The van der Waals surface area contributed by atoms with Gasteiger partial charge in [-0.15, -0.1) is 0 Å². The van der Waals surface area contributed by atoms with Crippen LogP contribution in [0.25, 0.3) is 0 Å². The number of benzene rings is 2. The van der Waals surface area contributed by atoms with Crippen molar-refractivity contribution in [3.8, 4) is 0 Å². The van der Waals surface area contributed by atoms with Crippen molar-refractivity contribution in [1.82, 2.24) is 5.32 Å². The molecule has 0 aromatic heterocycles. The fourth-order valence-corrected chi connectivity index (χ4v) is 11.5. The van der Waals surface area contributed by atoms with Crippen molar-refractivity contribution in [2.45, 2.75) is 134 Å². The number of rotatable bonds is 9. The van der Waals surface area contributed by atoms with Crippen LogP contribution in [0.5, 0.6) is 0 Å². The summed E-state index contributed by atoms with van der Waals surface area (Å²) in [5, 5.41) is 28.0. The number of ketones is 1. The Bertz CT molecular complexity index is 2420. The first-order valence-corrected chi connectivity index (χ1v) is 22.3. The summed E-state index contributed by atoms with van der Waals surface area (Å²) < 4.78 is 73.0. The molecule has 5 aliphatic rings. The molecule has 2 unspecified atom stereocenters. The van der Waals surface area contributed by atoms with Gasteiger partial charge in [-0.1, -0.05) is 62.4 Å². The summed E-state index contributed by atoms with van der Waals surface area (Å²) in [4.78, 5) is 83.9. The molecule has 3 aliphatic carbocycles. The average Bonchev–Trinajstić information content (AvgIpc) is 3.53. The van der Waals surface area contributed by atoms with E-state index in [0.29, 0.717) is 0 Å². The Morgan fingerprint density at radius 2 is 1.49 bits per heavy atom. The first kappa shape index (κ1) is 47.7. The van der Waals surface area contributed by atoms with Crippen molar-refractivity contribution in [3.63, 3.8) is 0 Å². The van der Waals surface area contributed by atoms with Crippen LogP contribution in [0, 0.1) is 16.7 Å². The molecule has 2 aliphatic heterocycles. The SMILES string of the molecule is CC(=O)O[C@H]1C(=O)[C@@]2(C)C([C@H](OC(=O)c3ccccc3)[C@]3(O)C[C@H](OC(=O)[C@H](O)[C@@H](NC(=O)OC(C)(C)C)c4ccccc4)C(C)=C1C3(C)C)[C@]1(OC(C)=O)COC1[C@@H]1OS(=O)(=O)O[C@@H]12. The average molecular weight is 928 g/mol. The quantitative estimate of drug-likeness (QED) is 0.185. The Balaban J connectivity index is 1.43. The van der Waals surface area contributed by atoms with Gasteiger partial charge >= 0.3 is 40.4 Å². The van der Waals surface area contributed by atoms with E-state index in [1.807, 2.05) is 0 Å². The molecular formula is C45H53NO18S. The zero-order chi connectivity index (χ0) is 47.8. The monoisotopic (exact) mass is 927 g/mol. The molecule has 0 spiro atoms. The Hall–Kier alpha value is -5.25. The van der Waals surface area contributed by atoms with Crippen LogP contribution in [0.4, 0.5) is 4.79 Å². The Morgan fingerprint density at radius 3 is 2.05 bits per heavy atom. The first-order valence-electron chi connectivity index (χ1n) is 21.0. The van der Waals surface area contributed by atoms with Crippen molar-refractivity contribution >= 4 is 46.2 Å². The van der Waals surface area contributed by atoms with E-state index in [-0.39, 0.29) is 22.3 Å². The maximum Gasteiger partial charge on any atom is 0.408 e. The molecule has 2 bridgehead atoms. The summed E-state index contributed by atoms with van der Waals surface area (Å²) in [5.74, 6) is -7.08. The molecule has 3 N–H and O–H groups in total. The predicted octanol–water partition coefficient (Wildman–Crippen LogP) is 3.11. The van der Waals surface area contributed by atoms with Gasteiger partial charge in [-0.05, 0) is 63.5 Å². The van der Waals surface area contributed by atoms with Crippen molar-refractivity contribution in [1.29, 1.82) is 0 Å². The number of ether oxygens (including phenoxy) is 6. The number of amides is 1. The second-order valence-electron chi connectivity index (χ2n) is 18.8. The number of carbonyl (C=O) groups is 6. The van der Waals surface area contributed by atoms with Gasteiger partial charge < -0.3 is 44.0 Å². The van der Waals surface area contributed by atoms with Crippen molar-refractivity contribution in [2.75, 3.05) is 6.61 Å². The van der Waals surface area contributed by atoms with E-state index in [1.165, 1.54) is 39.8 Å². The van der Waals surface area contributed by atoms with Gasteiger partial charge in [0.1, 0.15) is 41.7 Å². The molecular weight excluding hydrogens is 875 g/mol. The van der Waals surface area contributed by atoms with Crippen molar-refractivity contribution < 1.29 is 84.2 Å². The van der Waals surface area contributed by atoms with Gasteiger partial charge in [0.2, 0.25) is 0 Å². The lowest BCUT2D eigenvalue weighted by atomic mass is 9.44. The number of nitrogens with one attached hydrogen (secondary N) is 1. The molecule has 2 heterocycles. The third-order valence-corrected chi connectivity index (χ3v) is 14.2. The van der Waals surface area contributed by atoms with Crippen LogP contribution in [0.15, 0.2) is 71.8 Å². The molecule has 65 heavy (non-hydrogen) atoms. The summed E-state index contributed by atoms with van der Waals surface area (Å²) in [6, 6.07) is 14.1. The number of hydrogen-bond acceptors (Lipinski definition) is 18. The normalized spacial score (nSPS) is 34.0. The number of alkyl carbamates (subject to hydrolysis) is 1. The maximum atomic E-state index is 15.8. The highest BCUT2D eigenvalue weighted by Gasteiger charge is 2.83. The summed E-state index contributed by atoms with van der Waals surface area (Å²) >= 11 is 0. The Kier molecular flexibility index (Phi) is 12.2. The number of carbonyl (C=O) groups excluding carboxylic acids is 6. The van der Waals surface area contributed by atoms with E-state index >= 15 is 4.79 Å². The third kappa shape index (κ3) is 8.11. The third-order valence-electron chi connectivity index (χ3n) is 13.3. The van der Waals surface area contributed by atoms with Gasteiger partial charge in [-0.2, -0.15) is 8.42 Å². The number of hydrogen-bond donors (Lipinski definition) is 3. The Labute approximate surface area is 375 Å². The smallest absolute Gasteiger partial charge is 0.408 e. The summed E-state index contributed by atoms with van der Waals surface area (Å²) in [6.45, 7) is 12.1. The van der Waals surface area contributed by atoms with Gasteiger partial charge in [-0.25, -0.2) is 22.7 Å². The first-order chi connectivity index (χ1) is 30.2. The second-order valence-corrected chi connectivity index (χ2v) is 20.0. The fourth-order valence-electron chi connectivity index (χ4n) is 10.4. The summed E-state index contributed by atoms with van der Waals surface area (Å²) in [6.07, 6.45) is -14.3. The number of Topliss-reactive ketones (excluding diaryl/α,β-unsaturated/α-hetero) is 1. The van der Waals surface area contributed by atoms with E-state index in [4.69, 9.17) is 36.8 Å². The summed E-state index contributed by atoms with van der Waals surface area (Å²) in [7, 11) is -4.88. The maximum absolute atomic E-state index is 15.8. The van der Waals surface area contributed by atoms with Crippen LogP contribution in [-0.4, -0.2) is 121 Å². The van der Waals surface area contributed by atoms with E-state index < -0.39 is 142 Å². The predicted molar refractivity (Wildman–Crippen MR) is 221 cm³/mol. The van der Waals surface area contributed by atoms with Crippen molar-refractivity contribution in [2.24, 2.45) is 16.7 Å². The zero-order valence-electron chi connectivity index (χ0n) is 37.2. The molecule has 12 atom stereocenters. The standard InChI is InChI=1S/C45H53NO18S/c1-22-27(59-39(52)30(49)29(25-16-12-10-13-17-25)46-40(53)62-41(4,5)6)20-45(54)37(60-38(51)26-18-14-11-15-19-26)33-43(9,34(50)31(58-23(2)47)28(22)42(45,7)8)35-32(63-65(55,56)64-35)36-44(33,21-57-36)61-24(3)48/h10-19,27,29-33,35-37,49,54H,20-21H2,1-9H3,(H,46,53)/t27-,29-,30+,31+,32+,33?,35-,36?,37-,43+,44+,45+/m0/s1. The highest BCUT2D eigenvalue weighted by Crippen LogP contribution is 2.66. The Morgan fingerprint density at radius 1 is 0.877 bits per heavy atom. The van der Waals surface area contributed by atoms with Gasteiger partial charge in [-0.3, -0.25) is 14.4 Å². The number of aliphatic hydroxyl groups excluding tert-OH is 1. The van der Waals surface area contributed by atoms with Gasteiger partial charge in [0, 0.05) is 25.7 Å². The van der Waals surface area contributed by atoms with E-state index in [2.05, 4.69) is 5.32 Å². The number of esters is 4. The number of aliphatic hydroxyl groups is 2. The molecule has 19 nitrogen and oxygen atoms in total. The molecule has 7 rings (SSSR count). The zero-order valence-corrected chi connectivity index (χ0v) is 38.0. The minimum absolute atomic E-state index is 0.0141. The van der Waals surface area contributed by atoms with Crippen molar-refractivity contribution in [3.05, 3.63) is 82.9 Å². The van der Waals surface area contributed by atoms with E-state index in [1.54, 1.807) is 69.3 Å². The van der Waals surface area contributed by atoms with E-state index in [0.717, 1.165) is 13.8 Å². The largest absolute Gasteiger partial charge is 0.456 e. The lowest BCUT2D eigenvalue weighted by Crippen LogP contribution is -2.84. The van der Waals surface area contributed by atoms with Crippen LogP contribution in [0.2, 0.25) is 0 Å². The van der Waals surface area contributed by atoms with Crippen LogP contribution in [0.1, 0.15) is 90.7 Å². The molecule has 352 valence electrons. The molecule has 2 saturated heterocycles. The fraction of sp³-hybridized carbons (Fsp3) is 0.556. The van der Waals surface area contributed by atoms with Crippen LogP contribution in [-0.2, 0) is 66.4 Å². The minimum Gasteiger partial charge on any atom is -0.456 e. The lowest BCUT2D eigenvalue weighted by molar-refractivity contribution is -0.357. The second kappa shape index (κ2) is 16.6. The van der Waals surface area contributed by atoms with Crippen LogP contribution >= 0.6 is 0 Å². The summed E-state index contributed by atoms with van der Waals surface area (Å²) in [5.41, 5.74) is -9.53. The highest BCUT2D eigenvalue weighted by molar-refractivity contribution is 7.82. The lowest BCUT2D eigenvalue weighted by Gasteiger charge is -2.67. The van der Waals surface area contributed by atoms with Crippen LogP contribution in [0.3, 0.4) is 0 Å². The van der Waals surface area contributed by atoms with Gasteiger partial charge in [0.05, 0.1) is 29.5 Å². The molecule has 2 aromatic rings. The molecule has 2 saturated carbocycles. The molecule has 4 fully saturated rings. The van der Waals surface area contributed by atoms with Gasteiger partial charge in [0.25, 0.3) is 0 Å². The molecule has 1 amide bonds. The molecule has 20 heteroatoms. The molecule has 0 radical (unpaired) electrons. The topological polar surface area (TPSA) is 263 Å². The molecule has 2 aromatic carbocycles.